The molecule has 1 heterocycles. The molecular formula is C24H30N2O2. The molecule has 0 atom stereocenters. The van der Waals surface area contributed by atoms with E-state index in [-0.39, 0.29) is 5.97 Å². The molecule has 148 valence electrons. The van der Waals surface area contributed by atoms with E-state index in [1.165, 1.54) is 5.69 Å². The van der Waals surface area contributed by atoms with E-state index in [1.807, 2.05) is 12.1 Å². The van der Waals surface area contributed by atoms with Crippen LogP contribution in [0.4, 0.5) is 11.4 Å². The first kappa shape index (κ1) is 20.0. The van der Waals surface area contributed by atoms with Gasteiger partial charge < -0.3 is 14.5 Å². The Morgan fingerprint density at radius 1 is 0.857 bits per heavy atom. The second-order valence-electron chi connectivity index (χ2n) is 6.96. The molecule has 0 bridgehead atoms. The topological polar surface area (TPSA) is 32.8 Å². The predicted octanol–water partition coefficient (Wildman–Crippen LogP) is 4.92. The van der Waals surface area contributed by atoms with Crippen LogP contribution in [0.2, 0.25) is 0 Å². The quantitative estimate of drug-likeness (QED) is 0.389. The van der Waals surface area contributed by atoms with E-state index < -0.39 is 0 Å². The van der Waals surface area contributed by atoms with Gasteiger partial charge in [-0.3, -0.25) is 0 Å². The number of rotatable bonds is 7. The number of nitrogens with zero attached hydrogens (tertiary/aromatic N) is 2. The fourth-order valence-corrected chi connectivity index (χ4v) is 3.69. The highest BCUT2D eigenvalue weighted by Crippen LogP contribution is 2.32. The molecule has 1 aliphatic heterocycles. The molecule has 0 saturated heterocycles. The van der Waals surface area contributed by atoms with Crippen molar-refractivity contribution in [2.45, 2.75) is 34.1 Å². The molecule has 0 N–H and O–H groups in total. The van der Waals surface area contributed by atoms with Gasteiger partial charge in [0.2, 0.25) is 0 Å². The number of hydrogen-bond acceptors (Lipinski definition) is 4. The van der Waals surface area contributed by atoms with Crippen LogP contribution >= 0.6 is 0 Å². The molecule has 0 spiro atoms. The first-order valence-corrected chi connectivity index (χ1v) is 10.2. The molecule has 0 radical (unpaired) electrons. The van der Waals surface area contributed by atoms with Gasteiger partial charge in [0, 0.05) is 55.6 Å². The fraction of sp³-hybridized carbons (Fsp3) is 0.375. The number of esters is 1. The Hall–Kier alpha value is -2.75. The van der Waals surface area contributed by atoms with Crippen LogP contribution in [0.1, 0.15) is 38.8 Å². The number of fused-ring (bicyclic) bond motifs is 1. The highest BCUT2D eigenvalue weighted by atomic mass is 16.5. The first-order valence-electron chi connectivity index (χ1n) is 10.2. The lowest BCUT2D eigenvalue weighted by Crippen LogP contribution is -2.23. The van der Waals surface area contributed by atoms with Gasteiger partial charge in [-0.25, -0.2) is 4.79 Å². The number of hydrogen-bond donors (Lipinski definition) is 0. The van der Waals surface area contributed by atoms with Gasteiger partial charge >= 0.3 is 5.97 Å². The second kappa shape index (κ2) is 8.96. The smallest absolute Gasteiger partial charge is 0.339 e. The van der Waals surface area contributed by atoms with Crippen molar-refractivity contribution < 1.29 is 9.53 Å². The van der Waals surface area contributed by atoms with Crippen LogP contribution in [-0.2, 0) is 11.2 Å². The molecule has 28 heavy (non-hydrogen) atoms. The lowest BCUT2D eigenvalue weighted by atomic mass is 9.98. The van der Waals surface area contributed by atoms with E-state index in [0.717, 1.165) is 43.0 Å². The molecule has 0 amide bonds. The van der Waals surface area contributed by atoms with Crippen LogP contribution in [0.3, 0.4) is 0 Å². The van der Waals surface area contributed by atoms with Gasteiger partial charge in [0.05, 0.1) is 0 Å². The summed E-state index contributed by atoms with van der Waals surface area (Å²) in [4.78, 5) is 17.1. The summed E-state index contributed by atoms with van der Waals surface area (Å²) in [5.41, 5.74) is 5.06. The number of carbonyl (C=O) groups is 1. The molecule has 4 heteroatoms. The van der Waals surface area contributed by atoms with Crippen molar-refractivity contribution in [3.63, 3.8) is 0 Å². The molecule has 0 aromatic heterocycles. The summed E-state index contributed by atoms with van der Waals surface area (Å²) in [6, 6.07) is 14.5. The summed E-state index contributed by atoms with van der Waals surface area (Å²) >= 11 is 0. The number of carbonyl (C=O) groups excluding carboxylic acids is 1. The Labute approximate surface area is 168 Å². The average molecular weight is 379 g/mol. The third-order valence-corrected chi connectivity index (χ3v) is 5.39. The van der Waals surface area contributed by atoms with Crippen molar-refractivity contribution in [2.75, 3.05) is 36.0 Å². The second-order valence-corrected chi connectivity index (χ2v) is 6.96. The number of ether oxygens (including phenoxy) is 1. The minimum absolute atomic E-state index is 0.253. The van der Waals surface area contributed by atoms with Crippen molar-refractivity contribution in [3.8, 4) is 5.75 Å². The van der Waals surface area contributed by atoms with E-state index in [2.05, 4.69) is 73.9 Å². The summed E-state index contributed by atoms with van der Waals surface area (Å²) in [6.45, 7) is 12.4. The SMILES string of the molecule is CCN(CC)c1ccc(C=C2Cc3ccc(N(CC)CC)cc3OC2=O)cc1. The molecule has 0 fully saturated rings. The van der Waals surface area contributed by atoms with Crippen molar-refractivity contribution in [2.24, 2.45) is 0 Å². The molecule has 3 rings (SSSR count). The standard InChI is InChI=1S/C24H30N2O2/c1-5-25(6-2)21-12-9-18(10-13-21)15-20-16-19-11-14-22(26(7-3)8-4)17-23(19)28-24(20)27/h9-15,17H,5-8,16H2,1-4H3. The minimum Gasteiger partial charge on any atom is -0.423 e. The molecular weight excluding hydrogens is 348 g/mol. The Morgan fingerprint density at radius 3 is 2.04 bits per heavy atom. The van der Waals surface area contributed by atoms with E-state index in [1.54, 1.807) is 0 Å². The Morgan fingerprint density at radius 2 is 1.43 bits per heavy atom. The minimum atomic E-state index is -0.253. The molecule has 1 aliphatic rings. The third kappa shape index (κ3) is 4.22. The van der Waals surface area contributed by atoms with E-state index in [9.17, 15) is 4.79 Å². The normalized spacial score (nSPS) is 14.6. The molecule has 4 nitrogen and oxygen atoms in total. The zero-order valence-electron chi connectivity index (χ0n) is 17.4. The zero-order chi connectivity index (χ0) is 20.1. The molecule has 0 saturated carbocycles. The van der Waals surface area contributed by atoms with Crippen molar-refractivity contribution in [1.29, 1.82) is 0 Å². The fourth-order valence-electron chi connectivity index (χ4n) is 3.69. The number of benzene rings is 2. The molecule has 2 aromatic rings. The van der Waals surface area contributed by atoms with Crippen molar-refractivity contribution in [1.82, 2.24) is 0 Å². The first-order chi connectivity index (χ1) is 13.6. The van der Waals surface area contributed by atoms with Crippen LogP contribution in [-0.4, -0.2) is 32.1 Å². The zero-order valence-corrected chi connectivity index (χ0v) is 17.4. The highest BCUT2D eigenvalue weighted by Gasteiger charge is 2.23. The summed E-state index contributed by atoms with van der Waals surface area (Å²) in [5, 5.41) is 0. The lowest BCUT2D eigenvalue weighted by Gasteiger charge is -2.24. The molecule has 0 unspecified atom stereocenters. The predicted molar refractivity (Wildman–Crippen MR) is 117 cm³/mol. The maximum absolute atomic E-state index is 12.5. The Kier molecular flexibility index (Phi) is 6.40. The molecule has 2 aromatic carbocycles. The van der Waals surface area contributed by atoms with Gasteiger partial charge in [0.25, 0.3) is 0 Å². The largest absolute Gasteiger partial charge is 0.423 e. The van der Waals surface area contributed by atoms with Crippen LogP contribution < -0.4 is 14.5 Å². The summed E-state index contributed by atoms with van der Waals surface area (Å²) in [7, 11) is 0. The Bertz CT molecular complexity index is 847. The summed E-state index contributed by atoms with van der Waals surface area (Å²) in [5.74, 6) is 0.431. The van der Waals surface area contributed by atoms with E-state index in [0.29, 0.717) is 17.7 Å². The lowest BCUT2D eigenvalue weighted by molar-refractivity contribution is -0.130. The van der Waals surface area contributed by atoms with Crippen molar-refractivity contribution >= 4 is 23.4 Å². The van der Waals surface area contributed by atoms with Crippen LogP contribution in [0.25, 0.3) is 6.08 Å². The highest BCUT2D eigenvalue weighted by molar-refractivity contribution is 5.97. The van der Waals surface area contributed by atoms with Gasteiger partial charge in [-0.1, -0.05) is 18.2 Å². The van der Waals surface area contributed by atoms with Gasteiger partial charge in [-0.05, 0) is 63.1 Å². The van der Waals surface area contributed by atoms with E-state index >= 15 is 0 Å². The average Bonchev–Trinajstić information content (AvgIpc) is 2.71. The van der Waals surface area contributed by atoms with Gasteiger partial charge in [-0.15, -0.1) is 0 Å². The summed E-state index contributed by atoms with van der Waals surface area (Å²) in [6.07, 6.45) is 2.54. The van der Waals surface area contributed by atoms with Crippen LogP contribution in [0, 0.1) is 0 Å². The number of anilines is 2. The Balaban J connectivity index is 1.81. The maximum atomic E-state index is 12.5. The maximum Gasteiger partial charge on any atom is 0.339 e. The van der Waals surface area contributed by atoms with E-state index in [4.69, 9.17) is 4.74 Å². The van der Waals surface area contributed by atoms with Gasteiger partial charge in [0.15, 0.2) is 0 Å². The van der Waals surface area contributed by atoms with Gasteiger partial charge in [0.1, 0.15) is 5.75 Å². The van der Waals surface area contributed by atoms with Gasteiger partial charge in [-0.2, -0.15) is 0 Å². The van der Waals surface area contributed by atoms with Crippen LogP contribution in [0.5, 0.6) is 5.75 Å². The van der Waals surface area contributed by atoms with Crippen molar-refractivity contribution in [3.05, 3.63) is 59.2 Å². The van der Waals surface area contributed by atoms with Crippen LogP contribution in [0.15, 0.2) is 48.0 Å². The molecule has 0 aliphatic carbocycles. The monoisotopic (exact) mass is 378 g/mol. The third-order valence-electron chi connectivity index (χ3n) is 5.39. The summed E-state index contributed by atoms with van der Waals surface area (Å²) < 4.78 is 5.65.